The second-order valence-electron chi connectivity index (χ2n) is 8.13. The zero-order chi connectivity index (χ0) is 25.5. The van der Waals surface area contributed by atoms with E-state index in [4.69, 9.17) is 14.2 Å². The first-order valence-corrected chi connectivity index (χ1v) is 11.4. The molecular formula is C27H27N3O6. The summed E-state index contributed by atoms with van der Waals surface area (Å²) in [5.74, 6) is 1.41. The Morgan fingerprint density at radius 1 is 0.917 bits per heavy atom. The lowest BCUT2D eigenvalue weighted by molar-refractivity contribution is -0.120. The van der Waals surface area contributed by atoms with Crippen LogP contribution in [0.2, 0.25) is 0 Å². The normalized spacial score (nSPS) is 14.8. The van der Waals surface area contributed by atoms with Gasteiger partial charge in [0.2, 0.25) is 11.8 Å². The summed E-state index contributed by atoms with van der Waals surface area (Å²) in [5, 5.41) is 5.40. The number of methoxy groups -OCH3 is 2. The van der Waals surface area contributed by atoms with Crippen LogP contribution < -0.4 is 29.7 Å². The van der Waals surface area contributed by atoms with Gasteiger partial charge in [0, 0.05) is 24.2 Å². The molecule has 1 atom stereocenters. The van der Waals surface area contributed by atoms with Crippen molar-refractivity contribution in [1.29, 1.82) is 0 Å². The molecular weight excluding hydrogens is 462 g/mol. The number of carbonyl (C=O) groups excluding carboxylic acids is 3. The molecule has 9 heteroatoms. The number of para-hydroxylation sites is 1. The fourth-order valence-electron chi connectivity index (χ4n) is 3.89. The van der Waals surface area contributed by atoms with Gasteiger partial charge in [-0.1, -0.05) is 18.2 Å². The summed E-state index contributed by atoms with van der Waals surface area (Å²) in [5.41, 5.74) is 1.06. The highest BCUT2D eigenvalue weighted by atomic mass is 16.5. The van der Waals surface area contributed by atoms with Crippen molar-refractivity contribution in [2.45, 2.75) is 12.5 Å². The molecule has 36 heavy (non-hydrogen) atoms. The molecule has 0 aliphatic carbocycles. The van der Waals surface area contributed by atoms with Gasteiger partial charge in [0.15, 0.2) is 11.5 Å². The average Bonchev–Trinajstić information content (AvgIpc) is 3.27. The lowest BCUT2D eigenvalue weighted by Crippen LogP contribution is -2.43. The van der Waals surface area contributed by atoms with E-state index in [1.54, 1.807) is 29.2 Å². The standard InChI is InChI=1S/C27H27N3O6/c1-34-23-13-8-18(14-24(23)35-2)27(33)28-16-25(31)29-19-15-26(32)30(17-19)20-9-11-22(12-10-20)36-21-6-4-3-5-7-21/h3-14,19H,15-17H2,1-2H3,(H,28,33)(H,29,31). The van der Waals surface area contributed by atoms with Crippen LogP contribution in [0.4, 0.5) is 5.69 Å². The van der Waals surface area contributed by atoms with Crippen LogP contribution in [0.5, 0.6) is 23.0 Å². The predicted molar refractivity (Wildman–Crippen MR) is 134 cm³/mol. The van der Waals surface area contributed by atoms with Crippen molar-refractivity contribution in [2.24, 2.45) is 0 Å². The highest BCUT2D eigenvalue weighted by Gasteiger charge is 2.31. The van der Waals surface area contributed by atoms with E-state index in [0.29, 0.717) is 29.4 Å². The van der Waals surface area contributed by atoms with Crippen molar-refractivity contribution < 1.29 is 28.6 Å². The largest absolute Gasteiger partial charge is 0.493 e. The third-order valence-electron chi connectivity index (χ3n) is 5.67. The number of nitrogens with zero attached hydrogens (tertiary/aromatic N) is 1. The quantitative estimate of drug-likeness (QED) is 0.478. The molecule has 0 spiro atoms. The molecule has 186 valence electrons. The van der Waals surface area contributed by atoms with Gasteiger partial charge >= 0.3 is 0 Å². The molecule has 2 N–H and O–H groups in total. The van der Waals surface area contributed by atoms with Crippen molar-refractivity contribution in [2.75, 3.05) is 32.2 Å². The van der Waals surface area contributed by atoms with Crippen LogP contribution >= 0.6 is 0 Å². The van der Waals surface area contributed by atoms with Crippen molar-refractivity contribution in [3.05, 3.63) is 78.4 Å². The molecule has 1 fully saturated rings. The van der Waals surface area contributed by atoms with E-state index in [-0.39, 0.29) is 30.8 Å². The lowest BCUT2D eigenvalue weighted by Gasteiger charge is -2.18. The maximum Gasteiger partial charge on any atom is 0.251 e. The molecule has 9 nitrogen and oxygen atoms in total. The Hall–Kier alpha value is -4.53. The molecule has 3 aromatic rings. The van der Waals surface area contributed by atoms with Crippen LogP contribution in [-0.2, 0) is 9.59 Å². The summed E-state index contributed by atoms with van der Waals surface area (Å²) in [4.78, 5) is 39.0. The Bertz CT molecular complexity index is 1230. The highest BCUT2D eigenvalue weighted by molar-refractivity contribution is 5.98. The predicted octanol–water partition coefficient (Wildman–Crippen LogP) is 3.15. The second-order valence-corrected chi connectivity index (χ2v) is 8.13. The number of nitrogens with one attached hydrogen (secondary N) is 2. The molecule has 0 aromatic heterocycles. The van der Waals surface area contributed by atoms with Gasteiger partial charge in [0.25, 0.3) is 5.91 Å². The molecule has 1 saturated heterocycles. The van der Waals surface area contributed by atoms with Crippen LogP contribution in [0.15, 0.2) is 72.8 Å². The fraction of sp³-hybridized carbons (Fsp3) is 0.222. The Morgan fingerprint density at radius 2 is 1.61 bits per heavy atom. The molecule has 1 aliphatic heterocycles. The number of rotatable bonds is 9. The van der Waals surface area contributed by atoms with E-state index in [0.717, 1.165) is 11.4 Å². The molecule has 1 heterocycles. The van der Waals surface area contributed by atoms with Crippen LogP contribution in [-0.4, -0.2) is 51.1 Å². The lowest BCUT2D eigenvalue weighted by atomic mass is 10.2. The fourth-order valence-corrected chi connectivity index (χ4v) is 3.89. The van der Waals surface area contributed by atoms with Gasteiger partial charge in [-0.25, -0.2) is 0 Å². The molecule has 0 saturated carbocycles. The van der Waals surface area contributed by atoms with Gasteiger partial charge in [0.1, 0.15) is 11.5 Å². The van der Waals surface area contributed by atoms with Crippen LogP contribution in [0.25, 0.3) is 0 Å². The van der Waals surface area contributed by atoms with E-state index >= 15 is 0 Å². The van der Waals surface area contributed by atoms with E-state index in [9.17, 15) is 14.4 Å². The average molecular weight is 490 g/mol. The van der Waals surface area contributed by atoms with E-state index in [1.165, 1.54) is 20.3 Å². The third kappa shape index (κ3) is 5.93. The summed E-state index contributed by atoms with van der Waals surface area (Å²) >= 11 is 0. The van der Waals surface area contributed by atoms with Gasteiger partial charge < -0.3 is 29.7 Å². The van der Waals surface area contributed by atoms with Crippen molar-refractivity contribution >= 4 is 23.4 Å². The Balaban J connectivity index is 1.27. The zero-order valence-electron chi connectivity index (χ0n) is 20.0. The van der Waals surface area contributed by atoms with Crippen molar-refractivity contribution in [3.8, 4) is 23.0 Å². The maximum absolute atomic E-state index is 12.6. The van der Waals surface area contributed by atoms with Crippen LogP contribution in [0, 0.1) is 0 Å². The van der Waals surface area contributed by atoms with Gasteiger partial charge in [-0.2, -0.15) is 0 Å². The topological polar surface area (TPSA) is 106 Å². The van der Waals surface area contributed by atoms with Gasteiger partial charge in [-0.3, -0.25) is 14.4 Å². The number of ether oxygens (including phenoxy) is 3. The highest BCUT2D eigenvalue weighted by Crippen LogP contribution is 2.28. The molecule has 0 radical (unpaired) electrons. The minimum absolute atomic E-state index is 0.0913. The van der Waals surface area contributed by atoms with Gasteiger partial charge in [0.05, 0.1) is 26.8 Å². The zero-order valence-corrected chi connectivity index (χ0v) is 20.0. The van der Waals surface area contributed by atoms with Gasteiger partial charge in [-0.15, -0.1) is 0 Å². The Kier molecular flexibility index (Phi) is 7.69. The molecule has 4 rings (SSSR count). The summed E-state index contributed by atoms with van der Waals surface area (Å²) in [6, 6.07) is 21.0. The SMILES string of the molecule is COc1ccc(C(=O)NCC(=O)NC2CC(=O)N(c3ccc(Oc4ccccc4)cc3)C2)cc1OC. The number of hydrogen-bond donors (Lipinski definition) is 2. The first-order chi connectivity index (χ1) is 17.5. The molecule has 3 aromatic carbocycles. The summed E-state index contributed by atoms with van der Waals surface area (Å²) in [7, 11) is 2.98. The van der Waals surface area contributed by atoms with Crippen LogP contribution in [0.1, 0.15) is 16.8 Å². The second kappa shape index (κ2) is 11.3. The molecule has 1 aliphatic rings. The first kappa shape index (κ1) is 24.6. The van der Waals surface area contributed by atoms with E-state index in [1.807, 2.05) is 42.5 Å². The minimum Gasteiger partial charge on any atom is -0.493 e. The summed E-state index contributed by atoms with van der Waals surface area (Å²) < 4.78 is 16.2. The third-order valence-corrected chi connectivity index (χ3v) is 5.67. The van der Waals surface area contributed by atoms with E-state index < -0.39 is 5.91 Å². The monoisotopic (exact) mass is 489 g/mol. The first-order valence-electron chi connectivity index (χ1n) is 11.4. The molecule has 0 bridgehead atoms. The summed E-state index contributed by atoms with van der Waals surface area (Å²) in [6.07, 6.45) is 0.178. The minimum atomic E-state index is -0.423. The number of anilines is 1. The van der Waals surface area contributed by atoms with Crippen molar-refractivity contribution in [3.63, 3.8) is 0 Å². The van der Waals surface area contributed by atoms with E-state index in [2.05, 4.69) is 10.6 Å². The number of carbonyl (C=O) groups is 3. The van der Waals surface area contributed by atoms with Crippen LogP contribution in [0.3, 0.4) is 0 Å². The number of amides is 3. The Morgan fingerprint density at radius 3 is 2.31 bits per heavy atom. The van der Waals surface area contributed by atoms with Gasteiger partial charge in [-0.05, 0) is 54.6 Å². The van der Waals surface area contributed by atoms with Crippen molar-refractivity contribution in [1.82, 2.24) is 10.6 Å². The molecule has 1 unspecified atom stereocenters. The Labute approximate surface area is 209 Å². The smallest absolute Gasteiger partial charge is 0.251 e. The molecule has 3 amide bonds. The number of benzene rings is 3. The number of hydrogen-bond acceptors (Lipinski definition) is 6. The summed E-state index contributed by atoms with van der Waals surface area (Å²) in [6.45, 7) is 0.122. The maximum atomic E-state index is 12.6.